The molecule has 0 radical (unpaired) electrons. The fourth-order valence-corrected chi connectivity index (χ4v) is 5.00. The topological polar surface area (TPSA) is 108 Å². The number of thiophene rings is 1. The van der Waals surface area contributed by atoms with Crippen molar-refractivity contribution < 1.29 is 13.2 Å². The maximum absolute atomic E-state index is 12.8. The second-order valence-electron chi connectivity index (χ2n) is 4.36. The van der Waals surface area contributed by atoms with Crippen LogP contribution in [0.1, 0.15) is 10.5 Å². The van der Waals surface area contributed by atoms with Crippen LogP contribution in [0.3, 0.4) is 0 Å². The molecule has 2 heterocycles. The number of amides is 1. The Morgan fingerprint density at radius 3 is 2.48 bits per heavy atom. The van der Waals surface area contributed by atoms with Gasteiger partial charge in [0.05, 0.1) is 5.52 Å². The second-order valence-corrected chi connectivity index (χ2v) is 7.43. The van der Waals surface area contributed by atoms with Gasteiger partial charge in [-0.2, -0.15) is 0 Å². The van der Waals surface area contributed by atoms with Gasteiger partial charge in [-0.3, -0.25) is 9.47 Å². The summed E-state index contributed by atoms with van der Waals surface area (Å²) in [6.45, 7) is 0. The number of carbonyl (C=O) groups excluding carboxylic acids is 1. The zero-order valence-electron chi connectivity index (χ0n) is 10.7. The van der Waals surface area contributed by atoms with Crippen LogP contribution in [0.4, 0.5) is 0 Å². The standard InChI is InChI=1S/C13H11N3O3S2/c14-13(17)11-12(21(18,19)10-6-3-7-20-10)8-4-1-2-5-9(8)16(11)15/h1-7H,15H2,(H2,14,17). The summed E-state index contributed by atoms with van der Waals surface area (Å²) in [7, 11) is -3.86. The summed E-state index contributed by atoms with van der Waals surface area (Å²) in [6.07, 6.45) is 0. The normalized spacial score (nSPS) is 11.8. The van der Waals surface area contributed by atoms with E-state index in [2.05, 4.69) is 0 Å². The zero-order chi connectivity index (χ0) is 15.2. The van der Waals surface area contributed by atoms with Gasteiger partial charge in [0.15, 0.2) is 0 Å². The number of sulfone groups is 1. The zero-order valence-corrected chi connectivity index (χ0v) is 12.3. The molecule has 21 heavy (non-hydrogen) atoms. The first-order chi connectivity index (χ1) is 9.94. The van der Waals surface area contributed by atoms with Crippen molar-refractivity contribution in [2.45, 2.75) is 9.10 Å². The van der Waals surface area contributed by atoms with E-state index in [1.165, 1.54) is 6.07 Å². The highest BCUT2D eigenvalue weighted by atomic mass is 32.2. The number of hydrogen-bond donors (Lipinski definition) is 2. The molecule has 0 saturated heterocycles. The van der Waals surface area contributed by atoms with Gasteiger partial charge >= 0.3 is 0 Å². The van der Waals surface area contributed by atoms with E-state index in [0.29, 0.717) is 10.9 Å². The van der Waals surface area contributed by atoms with Crippen molar-refractivity contribution in [3.8, 4) is 0 Å². The molecule has 4 N–H and O–H groups in total. The van der Waals surface area contributed by atoms with Crippen molar-refractivity contribution in [1.29, 1.82) is 0 Å². The van der Waals surface area contributed by atoms with Crippen molar-refractivity contribution in [3.63, 3.8) is 0 Å². The van der Waals surface area contributed by atoms with E-state index in [-0.39, 0.29) is 14.8 Å². The minimum absolute atomic E-state index is 0.140. The first kappa shape index (κ1) is 13.7. The van der Waals surface area contributed by atoms with E-state index in [1.54, 1.807) is 35.7 Å². The number of fused-ring (bicyclic) bond motifs is 1. The summed E-state index contributed by atoms with van der Waals surface area (Å²) >= 11 is 1.07. The van der Waals surface area contributed by atoms with Crippen LogP contribution in [0.2, 0.25) is 0 Å². The highest BCUT2D eigenvalue weighted by Gasteiger charge is 2.31. The molecule has 0 atom stereocenters. The lowest BCUT2D eigenvalue weighted by atomic mass is 10.2. The maximum atomic E-state index is 12.8. The lowest BCUT2D eigenvalue weighted by Gasteiger charge is -2.04. The number of nitrogens with zero attached hydrogens (tertiary/aromatic N) is 1. The van der Waals surface area contributed by atoms with Crippen LogP contribution < -0.4 is 11.6 Å². The number of nitrogen functional groups attached to an aromatic ring is 1. The van der Waals surface area contributed by atoms with Crippen molar-refractivity contribution >= 4 is 38.0 Å². The molecule has 6 nitrogen and oxygen atoms in total. The largest absolute Gasteiger partial charge is 0.364 e. The monoisotopic (exact) mass is 321 g/mol. The molecule has 2 aromatic heterocycles. The summed E-state index contributed by atoms with van der Waals surface area (Å²) in [4.78, 5) is 11.5. The third kappa shape index (κ3) is 1.91. The quantitative estimate of drug-likeness (QED) is 0.710. The first-order valence-electron chi connectivity index (χ1n) is 5.91. The molecule has 0 spiro atoms. The van der Waals surface area contributed by atoms with Crippen molar-refractivity contribution in [2.75, 3.05) is 5.84 Å². The van der Waals surface area contributed by atoms with Gasteiger partial charge in [-0.1, -0.05) is 24.3 Å². The molecule has 0 bridgehead atoms. The number of rotatable bonds is 3. The molecule has 0 fully saturated rings. The Morgan fingerprint density at radius 1 is 1.14 bits per heavy atom. The minimum atomic E-state index is -3.86. The van der Waals surface area contributed by atoms with E-state index in [4.69, 9.17) is 11.6 Å². The molecule has 0 unspecified atom stereocenters. The average molecular weight is 321 g/mol. The maximum Gasteiger partial charge on any atom is 0.268 e. The third-order valence-electron chi connectivity index (χ3n) is 3.13. The number of hydrogen-bond acceptors (Lipinski definition) is 5. The number of primary amides is 1. The number of nitrogens with two attached hydrogens (primary N) is 2. The Morgan fingerprint density at radius 2 is 1.86 bits per heavy atom. The third-order valence-corrected chi connectivity index (χ3v) is 6.35. The van der Waals surface area contributed by atoms with E-state index < -0.39 is 15.7 Å². The molecule has 3 aromatic rings. The van der Waals surface area contributed by atoms with Crippen molar-refractivity contribution in [1.82, 2.24) is 4.68 Å². The Balaban J connectivity index is 2.48. The molecule has 1 amide bonds. The second kappa shape index (κ2) is 4.61. The predicted molar refractivity (Wildman–Crippen MR) is 80.4 cm³/mol. The van der Waals surface area contributed by atoms with Gasteiger partial charge in [0.2, 0.25) is 9.84 Å². The summed E-state index contributed by atoms with van der Waals surface area (Å²) < 4.78 is 26.7. The SMILES string of the molecule is NC(=O)c1c(S(=O)(=O)c2cccs2)c2ccccc2n1N. The van der Waals surface area contributed by atoms with E-state index in [9.17, 15) is 13.2 Å². The Bertz CT molecular complexity index is 941. The number of aromatic nitrogens is 1. The van der Waals surface area contributed by atoms with Gasteiger partial charge in [-0.25, -0.2) is 8.42 Å². The molecule has 0 aliphatic carbocycles. The van der Waals surface area contributed by atoms with Crippen molar-refractivity contribution in [2.24, 2.45) is 5.73 Å². The highest BCUT2D eigenvalue weighted by molar-refractivity contribution is 7.93. The van der Waals surface area contributed by atoms with Gasteiger partial charge in [-0.05, 0) is 17.5 Å². The lowest BCUT2D eigenvalue weighted by molar-refractivity contribution is 0.0990. The molecule has 1 aromatic carbocycles. The molecule has 0 saturated carbocycles. The van der Waals surface area contributed by atoms with Crippen LogP contribution in [-0.2, 0) is 9.84 Å². The molecule has 0 aliphatic heterocycles. The summed E-state index contributed by atoms with van der Waals surface area (Å²) in [5.74, 6) is 4.96. The fourth-order valence-electron chi connectivity index (χ4n) is 2.25. The van der Waals surface area contributed by atoms with E-state index >= 15 is 0 Å². The number of para-hydroxylation sites is 1. The van der Waals surface area contributed by atoms with Gasteiger partial charge < -0.3 is 11.6 Å². The fraction of sp³-hybridized carbons (Fsp3) is 0. The minimum Gasteiger partial charge on any atom is -0.364 e. The summed E-state index contributed by atoms with van der Waals surface area (Å²) in [6, 6.07) is 9.73. The van der Waals surface area contributed by atoms with Crippen LogP contribution >= 0.6 is 11.3 Å². The summed E-state index contributed by atoms with van der Waals surface area (Å²) in [5, 5.41) is 2.03. The molecular formula is C13H11N3O3S2. The van der Waals surface area contributed by atoms with Crippen LogP contribution in [0.25, 0.3) is 10.9 Å². The van der Waals surface area contributed by atoms with Crippen LogP contribution in [-0.4, -0.2) is 19.0 Å². The first-order valence-corrected chi connectivity index (χ1v) is 8.28. The number of carbonyl (C=O) groups is 1. The molecule has 3 rings (SSSR count). The van der Waals surface area contributed by atoms with Gasteiger partial charge in [-0.15, -0.1) is 11.3 Å². The van der Waals surface area contributed by atoms with E-state index in [0.717, 1.165) is 16.0 Å². The Labute approximate surface area is 124 Å². The molecular weight excluding hydrogens is 310 g/mol. The van der Waals surface area contributed by atoms with Crippen LogP contribution in [0, 0.1) is 0 Å². The van der Waals surface area contributed by atoms with Crippen LogP contribution in [0.5, 0.6) is 0 Å². The number of benzene rings is 1. The Kier molecular flexibility index (Phi) is 2.99. The molecule has 8 heteroatoms. The Hall–Kier alpha value is -2.32. The average Bonchev–Trinajstić information content (AvgIpc) is 3.06. The van der Waals surface area contributed by atoms with Gasteiger partial charge in [0, 0.05) is 5.39 Å². The van der Waals surface area contributed by atoms with Gasteiger partial charge in [0.25, 0.3) is 5.91 Å². The van der Waals surface area contributed by atoms with Crippen LogP contribution in [0.15, 0.2) is 50.9 Å². The lowest BCUT2D eigenvalue weighted by Crippen LogP contribution is -2.23. The van der Waals surface area contributed by atoms with Gasteiger partial charge in [0.1, 0.15) is 14.8 Å². The predicted octanol–water partition coefficient (Wildman–Crippen LogP) is 1.35. The smallest absolute Gasteiger partial charge is 0.268 e. The molecule has 108 valence electrons. The highest BCUT2D eigenvalue weighted by Crippen LogP contribution is 2.34. The van der Waals surface area contributed by atoms with Crippen molar-refractivity contribution in [3.05, 3.63) is 47.5 Å². The van der Waals surface area contributed by atoms with E-state index in [1.807, 2.05) is 0 Å². The molecule has 0 aliphatic rings. The summed E-state index contributed by atoms with van der Waals surface area (Å²) in [5.41, 5.74) is 5.54.